The molecule has 1 aliphatic rings. The first kappa shape index (κ1) is 15.8. The fraction of sp³-hybridized carbons (Fsp3) is 0.588. The average Bonchev–Trinajstić information content (AvgIpc) is 2.53. The van der Waals surface area contributed by atoms with Crippen molar-refractivity contribution in [3.8, 4) is 6.07 Å². The molecule has 0 bridgehead atoms. The van der Waals surface area contributed by atoms with Crippen molar-refractivity contribution in [3.05, 3.63) is 29.3 Å². The molecule has 1 heterocycles. The normalized spacial score (nSPS) is 19.1. The molecule has 1 aliphatic heterocycles. The lowest BCUT2D eigenvalue weighted by Crippen LogP contribution is -2.49. The van der Waals surface area contributed by atoms with Gasteiger partial charge in [0.2, 0.25) is 0 Å². The van der Waals surface area contributed by atoms with Crippen LogP contribution in [0.3, 0.4) is 0 Å². The number of benzene rings is 1. The third-order valence-electron chi connectivity index (χ3n) is 4.48. The number of nitrogens with zero attached hydrogens (tertiary/aromatic N) is 3. The monoisotopic (exact) mass is 287 g/mol. The van der Waals surface area contributed by atoms with E-state index in [9.17, 15) is 5.11 Å². The lowest BCUT2D eigenvalue weighted by Gasteiger charge is -2.39. The Morgan fingerprint density at radius 1 is 1.24 bits per heavy atom. The molecular weight excluding hydrogens is 262 g/mol. The van der Waals surface area contributed by atoms with Crippen LogP contribution in [0.5, 0.6) is 0 Å². The van der Waals surface area contributed by atoms with Crippen molar-refractivity contribution in [2.45, 2.75) is 39.3 Å². The van der Waals surface area contributed by atoms with Crippen LogP contribution in [0.1, 0.15) is 44.4 Å². The van der Waals surface area contributed by atoms with Crippen LogP contribution in [0.25, 0.3) is 0 Å². The van der Waals surface area contributed by atoms with Gasteiger partial charge in [0.15, 0.2) is 0 Å². The standard InChI is InChI=1S/C17H25N3O/c1-4-13(2)19-7-9-20(10-8-19)17-11-15(12-18)5-6-16(17)14(3)21/h5-6,11,13-14,21H,4,7-10H2,1-3H3/t13?,14-/m0/s1. The Kier molecular flexibility index (Phi) is 5.22. The molecule has 1 aromatic rings. The van der Waals surface area contributed by atoms with Crippen LogP contribution >= 0.6 is 0 Å². The van der Waals surface area contributed by atoms with Crippen molar-refractivity contribution < 1.29 is 5.11 Å². The first-order valence-electron chi connectivity index (χ1n) is 7.78. The molecule has 1 N–H and O–H groups in total. The van der Waals surface area contributed by atoms with Crippen LogP contribution in [0, 0.1) is 11.3 Å². The van der Waals surface area contributed by atoms with Crippen molar-refractivity contribution in [3.63, 3.8) is 0 Å². The summed E-state index contributed by atoms with van der Waals surface area (Å²) in [6, 6.07) is 8.37. The van der Waals surface area contributed by atoms with Crippen molar-refractivity contribution >= 4 is 5.69 Å². The van der Waals surface area contributed by atoms with Gasteiger partial charge in [-0.1, -0.05) is 13.0 Å². The minimum atomic E-state index is -0.514. The van der Waals surface area contributed by atoms with Gasteiger partial charge in [0, 0.05) is 43.5 Å². The predicted molar refractivity (Wildman–Crippen MR) is 85.3 cm³/mol. The van der Waals surface area contributed by atoms with E-state index < -0.39 is 6.10 Å². The number of rotatable bonds is 4. The van der Waals surface area contributed by atoms with Crippen molar-refractivity contribution in [2.24, 2.45) is 0 Å². The molecule has 1 saturated heterocycles. The molecule has 2 atom stereocenters. The number of hydrogen-bond acceptors (Lipinski definition) is 4. The molecule has 21 heavy (non-hydrogen) atoms. The van der Waals surface area contributed by atoms with E-state index in [4.69, 9.17) is 5.26 Å². The Bertz CT molecular complexity index is 513. The van der Waals surface area contributed by atoms with Gasteiger partial charge in [-0.15, -0.1) is 0 Å². The summed E-state index contributed by atoms with van der Waals surface area (Å²) in [6.07, 6.45) is 0.656. The van der Waals surface area contributed by atoms with E-state index in [0.717, 1.165) is 37.4 Å². The fourth-order valence-corrected chi connectivity index (χ4v) is 2.90. The number of anilines is 1. The summed E-state index contributed by atoms with van der Waals surface area (Å²) in [4.78, 5) is 4.80. The molecule has 0 saturated carbocycles. The molecule has 0 aromatic heterocycles. The number of aliphatic hydroxyl groups excluding tert-OH is 1. The molecule has 2 rings (SSSR count). The van der Waals surface area contributed by atoms with Gasteiger partial charge in [-0.2, -0.15) is 5.26 Å². The van der Waals surface area contributed by atoms with Gasteiger partial charge in [-0.25, -0.2) is 0 Å². The maximum atomic E-state index is 9.96. The van der Waals surface area contributed by atoms with Crippen LogP contribution in [0.2, 0.25) is 0 Å². The summed E-state index contributed by atoms with van der Waals surface area (Å²) in [5.74, 6) is 0. The predicted octanol–water partition coefficient (Wildman–Crippen LogP) is 2.53. The average molecular weight is 287 g/mol. The third kappa shape index (κ3) is 3.55. The first-order valence-corrected chi connectivity index (χ1v) is 7.78. The van der Waals surface area contributed by atoms with E-state index in [-0.39, 0.29) is 0 Å². The van der Waals surface area contributed by atoms with E-state index in [0.29, 0.717) is 11.6 Å². The molecule has 1 fully saturated rings. The quantitative estimate of drug-likeness (QED) is 0.924. The van der Waals surface area contributed by atoms with Gasteiger partial charge in [0.05, 0.1) is 17.7 Å². The highest BCUT2D eigenvalue weighted by molar-refractivity contribution is 5.58. The SMILES string of the molecule is CCC(C)N1CCN(c2cc(C#N)ccc2[C@H](C)O)CC1. The van der Waals surface area contributed by atoms with E-state index >= 15 is 0 Å². The van der Waals surface area contributed by atoms with Crippen molar-refractivity contribution in [2.75, 3.05) is 31.1 Å². The van der Waals surface area contributed by atoms with Crippen molar-refractivity contribution in [1.29, 1.82) is 5.26 Å². The van der Waals surface area contributed by atoms with E-state index in [2.05, 4.69) is 29.7 Å². The molecule has 0 radical (unpaired) electrons. The summed E-state index contributed by atoms with van der Waals surface area (Å²) >= 11 is 0. The van der Waals surface area contributed by atoms with E-state index in [1.54, 1.807) is 13.0 Å². The fourth-order valence-electron chi connectivity index (χ4n) is 2.90. The Labute approximate surface area is 127 Å². The summed E-state index contributed by atoms with van der Waals surface area (Å²) in [5.41, 5.74) is 2.57. The molecule has 0 aliphatic carbocycles. The Morgan fingerprint density at radius 2 is 1.90 bits per heavy atom. The smallest absolute Gasteiger partial charge is 0.0992 e. The molecule has 4 heteroatoms. The van der Waals surface area contributed by atoms with Crippen LogP contribution in [0.15, 0.2) is 18.2 Å². The summed E-state index contributed by atoms with van der Waals surface area (Å²) < 4.78 is 0. The number of nitriles is 1. The summed E-state index contributed by atoms with van der Waals surface area (Å²) in [7, 11) is 0. The minimum Gasteiger partial charge on any atom is -0.389 e. The van der Waals surface area contributed by atoms with Gasteiger partial charge in [-0.3, -0.25) is 4.90 Å². The van der Waals surface area contributed by atoms with Crippen LogP contribution in [-0.2, 0) is 0 Å². The third-order valence-corrected chi connectivity index (χ3v) is 4.48. The highest BCUT2D eigenvalue weighted by atomic mass is 16.3. The van der Waals surface area contributed by atoms with E-state index in [1.165, 1.54) is 6.42 Å². The largest absolute Gasteiger partial charge is 0.389 e. The Hall–Kier alpha value is -1.57. The topological polar surface area (TPSA) is 50.5 Å². The van der Waals surface area contributed by atoms with Crippen LogP contribution in [0.4, 0.5) is 5.69 Å². The van der Waals surface area contributed by atoms with E-state index in [1.807, 2.05) is 12.1 Å². The lowest BCUT2D eigenvalue weighted by molar-refractivity contribution is 0.189. The van der Waals surface area contributed by atoms with Crippen LogP contribution in [-0.4, -0.2) is 42.2 Å². The molecule has 1 unspecified atom stereocenters. The Balaban J connectivity index is 2.17. The van der Waals surface area contributed by atoms with Gasteiger partial charge >= 0.3 is 0 Å². The highest BCUT2D eigenvalue weighted by Crippen LogP contribution is 2.28. The van der Waals surface area contributed by atoms with Gasteiger partial charge < -0.3 is 10.0 Å². The molecule has 0 spiro atoms. The second kappa shape index (κ2) is 6.93. The molecule has 114 valence electrons. The number of piperazine rings is 1. The van der Waals surface area contributed by atoms with Crippen LogP contribution < -0.4 is 4.90 Å². The highest BCUT2D eigenvalue weighted by Gasteiger charge is 2.22. The second-order valence-electron chi connectivity index (χ2n) is 5.84. The van der Waals surface area contributed by atoms with Gasteiger partial charge in [-0.05, 0) is 32.4 Å². The maximum absolute atomic E-state index is 9.96. The second-order valence-corrected chi connectivity index (χ2v) is 5.84. The van der Waals surface area contributed by atoms with Gasteiger partial charge in [0.1, 0.15) is 0 Å². The van der Waals surface area contributed by atoms with Gasteiger partial charge in [0.25, 0.3) is 0 Å². The zero-order valence-electron chi connectivity index (χ0n) is 13.2. The number of aliphatic hydroxyl groups is 1. The van der Waals surface area contributed by atoms with Crippen molar-refractivity contribution in [1.82, 2.24) is 4.90 Å². The molecule has 0 amide bonds. The maximum Gasteiger partial charge on any atom is 0.0992 e. The molecule has 4 nitrogen and oxygen atoms in total. The molecule has 1 aromatic carbocycles. The zero-order valence-corrected chi connectivity index (χ0v) is 13.2. The Morgan fingerprint density at radius 3 is 2.43 bits per heavy atom. The minimum absolute atomic E-state index is 0.514. The first-order chi connectivity index (χ1) is 10.1. The lowest BCUT2D eigenvalue weighted by atomic mass is 10.0. The number of hydrogen-bond donors (Lipinski definition) is 1. The summed E-state index contributed by atoms with van der Waals surface area (Å²) in [5, 5.41) is 19.1. The zero-order chi connectivity index (χ0) is 15.4. The molecular formula is C17H25N3O. The summed E-state index contributed by atoms with van der Waals surface area (Å²) in [6.45, 7) is 10.2.